The number of allylic oxidation sites excluding steroid dienone is 2. The quantitative estimate of drug-likeness (QED) is 0.435. The molecule has 0 saturated heterocycles. The number of hydrogen-bond donors (Lipinski definition) is 2. The van der Waals surface area contributed by atoms with Crippen molar-refractivity contribution >= 4 is 23.0 Å². The summed E-state index contributed by atoms with van der Waals surface area (Å²) in [6.45, 7) is 8.81. The maximum Gasteiger partial charge on any atom is 0.0681 e. The molecule has 2 nitrogen and oxygen atoms in total. The average molecular weight is 410 g/mol. The van der Waals surface area contributed by atoms with Gasteiger partial charge in [0.2, 0.25) is 0 Å². The molecule has 158 valence electrons. The molecule has 0 bridgehead atoms. The number of aliphatic hydroxyl groups excluding tert-OH is 1. The first-order valence-corrected chi connectivity index (χ1v) is 11.0. The Morgan fingerprint density at radius 3 is 2.19 bits per heavy atom. The number of rotatable bonds is 6. The molecular formula is C29H31NO. The van der Waals surface area contributed by atoms with Crippen molar-refractivity contribution in [3.05, 3.63) is 96.1 Å². The summed E-state index contributed by atoms with van der Waals surface area (Å²) in [6, 6.07) is 23.0. The number of aliphatic hydroxyl groups is 1. The van der Waals surface area contributed by atoms with Crippen molar-refractivity contribution in [3.8, 4) is 11.1 Å². The molecule has 0 unspecified atom stereocenters. The first-order chi connectivity index (χ1) is 15.0. The molecule has 3 aromatic carbocycles. The van der Waals surface area contributed by atoms with E-state index in [1.807, 2.05) is 30.3 Å². The topological polar surface area (TPSA) is 32.3 Å². The number of anilines is 2. The maximum atomic E-state index is 9.22. The minimum atomic E-state index is 0.0736. The Bertz CT molecular complexity index is 1090. The van der Waals surface area contributed by atoms with Crippen LogP contribution < -0.4 is 5.32 Å². The standard InChI is InChI=1S/C29H31NO/c1-4-22-11-16-27(18-28(22)25-6-5-17-29(2,3)19-25)30-26-14-12-24(13-15-26)23-9-7-21(20-31)8-10-23/h4,6-16,18,30-31H,1,5,17,19-20H2,2-3H3. The molecule has 3 aromatic rings. The summed E-state index contributed by atoms with van der Waals surface area (Å²) in [5, 5.41) is 12.8. The Balaban J connectivity index is 1.55. The van der Waals surface area contributed by atoms with Gasteiger partial charge in [0, 0.05) is 11.4 Å². The van der Waals surface area contributed by atoms with Gasteiger partial charge in [0.05, 0.1) is 6.61 Å². The van der Waals surface area contributed by atoms with E-state index in [0.717, 1.165) is 40.9 Å². The van der Waals surface area contributed by atoms with Crippen LogP contribution in [0.5, 0.6) is 0 Å². The van der Waals surface area contributed by atoms with Gasteiger partial charge in [0.15, 0.2) is 0 Å². The molecule has 1 aliphatic rings. The highest BCUT2D eigenvalue weighted by atomic mass is 16.3. The van der Waals surface area contributed by atoms with Gasteiger partial charge in [-0.3, -0.25) is 0 Å². The third-order valence-corrected chi connectivity index (χ3v) is 6.14. The highest BCUT2D eigenvalue weighted by Gasteiger charge is 2.24. The number of nitrogens with one attached hydrogen (secondary N) is 1. The van der Waals surface area contributed by atoms with Crippen molar-refractivity contribution in [3.63, 3.8) is 0 Å². The summed E-state index contributed by atoms with van der Waals surface area (Å²) in [4.78, 5) is 0. The molecular weight excluding hydrogens is 378 g/mol. The van der Waals surface area contributed by atoms with Crippen LogP contribution in [0.3, 0.4) is 0 Å². The lowest BCUT2D eigenvalue weighted by Gasteiger charge is -2.30. The van der Waals surface area contributed by atoms with Crippen molar-refractivity contribution in [2.75, 3.05) is 5.32 Å². The molecule has 2 heteroatoms. The van der Waals surface area contributed by atoms with Gasteiger partial charge in [0.1, 0.15) is 0 Å². The molecule has 0 saturated carbocycles. The summed E-state index contributed by atoms with van der Waals surface area (Å²) in [6.07, 6.45) is 7.83. The Labute approximate surface area is 186 Å². The molecule has 31 heavy (non-hydrogen) atoms. The Morgan fingerprint density at radius 1 is 0.935 bits per heavy atom. The second-order valence-corrected chi connectivity index (χ2v) is 9.17. The van der Waals surface area contributed by atoms with Crippen LogP contribution in [0.2, 0.25) is 0 Å². The second-order valence-electron chi connectivity index (χ2n) is 9.17. The summed E-state index contributed by atoms with van der Waals surface area (Å²) in [5.74, 6) is 0. The van der Waals surface area contributed by atoms with Gasteiger partial charge in [-0.1, -0.05) is 75.0 Å². The molecule has 0 atom stereocenters. The summed E-state index contributed by atoms with van der Waals surface area (Å²) in [7, 11) is 0. The molecule has 4 rings (SSSR count). The van der Waals surface area contributed by atoms with Crippen LogP contribution >= 0.6 is 0 Å². The van der Waals surface area contributed by atoms with Gasteiger partial charge in [-0.05, 0) is 82.3 Å². The lowest BCUT2D eigenvalue weighted by Crippen LogP contribution is -2.15. The highest BCUT2D eigenvalue weighted by molar-refractivity contribution is 5.79. The minimum absolute atomic E-state index is 0.0736. The van der Waals surface area contributed by atoms with Gasteiger partial charge in [-0.25, -0.2) is 0 Å². The van der Waals surface area contributed by atoms with E-state index in [-0.39, 0.29) is 6.61 Å². The van der Waals surface area contributed by atoms with Crippen LogP contribution in [-0.2, 0) is 6.61 Å². The predicted molar refractivity (Wildman–Crippen MR) is 133 cm³/mol. The first-order valence-electron chi connectivity index (χ1n) is 11.0. The third kappa shape index (κ3) is 4.98. The molecule has 1 aliphatic carbocycles. The van der Waals surface area contributed by atoms with Gasteiger partial charge in [0.25, 0.3) is 0 Å². The van der Waals surface area contributed by atoms with Crippen LogP contribution in [-0.4, -0.2) is 5.11 Å². The second kappa shape index (κ2) is 8.95. The van der Waals surface area contributed by atoms with Crippen LogP contribution in [0, 0.1) is 5.41 Å². The maximum absolute atomic E-state index is 9.22. The lowest BCUT2D eigenvalue weighted by molar-refractivity contribution is 0.282. The highest BCUT2D eigenvalue weighted by Crippen LogP contribution is 2.41. The molecule has 0 spiro atoms. The van der Waals surface area contributed by atoms with E-state index in [9.17, 15) is 5.11 Å². The smallest absolute Gasteiger partial charge is 0.0681 e. The average Bonchev–Trinajstić information content (AvgIpc) is 2.79. The van der Waals surface area contributed by atoms with E-state index in [2.05, 4.69) is 74.3 Å². The van der Waals surface area contributed by atoms with Gasteiger partial charge < -0.3 is 10.4 Å². The minimum Gasteiger partial charge on any atom is -0.392 e. The van der Waals surface area contributed by atoms with E-state index in [1.165, 1.54) is 23.1 Å². The van der Waals surface area contributed by atoms with E-state index in [1.54, 1.807) is 0 Å². The summed E-state index contributed by atoms with van der Waals surface area (Å²) < 4.78 is 0. The number of hydrogen-bond acceptors (Lipinski definition) is 2. The molecule has 0 amide bonds. The zero-order valence-electron chi connectivity index (χ0n) is 18.5. The van der Waals surface area contributed by atoms with Crippen LogP contribution in [0.25, 0.3) is 22.8 Å². The SMILES string of the molecule is C=Cc1ccc(Nc2ccc(-c3ccc(CO)cc3)cc2)cc1C1=CCCC(C)(C)C1. The van der Waals surface area contributed by atoms with Crippen LogP contribution in [0.1, 0.15) is 49.8 Å². The van der Waals surface area contributed by atoms with Gasteiger partial charge >= 0.3 is 0 Å². The van der Waals surface area contributed by atoms with Crippen molar-refractivity contribution in [1.82, 2.24) is 0 Å². The molecule has 0 radical (unpaired) electrons. The first kappa shape index (κ1) is 21.1. The fraction of sp³-hybridized carbons (Fsp3) is 0.241. The normalized spacial score (nSPS) is 15.3. The Morgan fingerprint density at radius 2 is 1.58 bits per heavy atom. The monoisotopic (exact) mass is 409 g/mol. The zero-order chi connectivity index (χ0) is 21.8. The third-order valence-electron chi connectivity index (χ3n) is 6.14. The van der Waals surface area contributed by atoms with Crippen LogP contribution in [0.15, 0.2) is 79.4 Å². The molecule has 0 fully saturated rings. The van der Waals surface area contributed by atoms with Crippen molar-refractivity contribution in [2.24, 2.45) is 5.41 Å². The number of benzene rings is 3. The van der Waals surface area contributed by atoms with Crippen LogP contribution in [0.4, 0.5) is 11.4 Å². The Kier molecular flexibility index (Phi) is 6.11. The van der Waals surface area contributed by atoms with Crippen molar-refractivity contribution in [1.29, 1.82) is 0 Å². The Hall–Kier alpha value is -3.10. The fourth-order valence-corrected chi connectivity index (χ4v) is 4.32. The largest absolute Gasteiger partial charge is 0.392 e. The molecule has 0 heterocycles. The predicted octanol–water partition coefficient (Wildman–Crippen LogP) is 7.83. The van der Waals surface area contributed by atoms with E-state index in [0.29, 0.717) is 5.41 Å². The molecule has 0 aromatic heterocycles. The van der Waals surface area contributed by atoms with E-state index < -0.39 is 0 Å². The summed E-state index contributed by atoms with van der Waals surface area (Å²) >= 11 is 0. The van der Waals surface area contributed by atoms with E-state index in [4.69, 9.17) is 0 Å². The van der Waals surface area contributed by atoms with Gasteiger partial charge in [-0.15, -0.1) is 0 Å². The molecule has 0 aliphatic heterocycles. The fourth-order valence-electron chi connectivity index (χ4n) is 4.32. The van der Waals surface area contributed by atoms with E-state index >= 15 is 0 Å². The van der Waals surface area contributed by atoms with Crippen molar-refractivity contribution < 1.29 is 5.11 Å². The zero-order valence-corrected chi connectivity index (χ0v) is 18.5. The van der Waals surface area contributed by atoms with Gasteiger partial charge in [-0.2, -0.15) is 0 Å². The summed E-state index contributed by atoms with van der Waals surface area (Å²) in [5.41, 5.74) is 9.63. The van der Waals surface area contributed by atoms with Crippen molar-refractivity contribution in [2.45, 2.75) is 39.7 Å². The lowest BCUT2D eigenvalue weighted by atomic mass is 9.75. The molecule has 2 N–H and O–H groups in total.